The van der Waals surface area contributed by atoms with Crippen molar-refractivity contribution < 1.29 is 13.5 Å². The van der Waals surface area contributed by atoms with Gasteiger partial charge in [-0.3, -0.25) is 0 Å². The molecule has 0 saturated carbocycles. The molecule has 0 radical (unpaired) electrons. The molecule has 0 spiro atoms. The minimum absolute atomic E-state index is 0.0452. The maximum atomic E-state index is 11.5. The first kappa shape index (κ1) is 15.8. The summed E-state index contributed by atoms with van der Waals surface area (Å²) in [5, 5.41) is 9.53. The van der Waals surface area contributed by atoms with Crippen LogP contribution in [-0.4, -0.2) is 31.7 Å². The summed E-state index contributed by atoms with van der Waals surface area (Å²) in [4.78, 5) is 0. The highest BCUT2D eigenvalue weighted by Crippen LogP contribution is 2.04. The van der Waals surface area contributed by atoms with Gasteiger partial charge in [0.2, 0.25) is 0 Å². The van der Waals surface area contributed by atoms with Crippen molar-refractivity contribution in [1.82, 2.24) is 9.44 Å². The van der Waals surface area contributed by atoms with Gasteiger partial charge in [0, 0.05) is 12.1 Å². The molecule has 0 aromatic rings. The van der Waals surface area contributed by atoms with Crippen molar-refractivity contribution in [2.24, 2.45) is 5.92 Å². The van der Waals surface area contributed by atoms with Crippen LogP contribution in [0, 0.1) is 5.92 Å². The molecule has 6 heteroatoms. The van der Waals surface area contributed by atoms with Crippen LogP contribution in [0.3, 0.4) is 0 Å². The van der Waals surface area contributed by atoms with E-state index in [1.807, 2.05) is 13.8 Å². The summed E-state index contributed by atoms with van der Waals surface area (Å²) in [5.41, 5.74) is -0.519. The quantitative estimate of drug-likeness (QED) is 0.648. The highest BCUT2D eigenvalue weighted by atomic mass is 32.2. The van der Waals surface area contributed by atoms with Crippen molar-refractivity contribution in [2.45, 2.75) is 52.7 Å². The molecule has 0 aliphatic rings. The lowest BCUT2D eigenvalue weighted by Crippen LogP contribution is -2.48. The molecule has 98 valence electrons. The Bertz CT molecular complexity index is 294. The zero-order valence-corrected chi connectivity index (χ0v) is 11.6. The highest BCUT2D eigenvalue weighted by molar-refractivity contribution is 7.87. The largest absolute Gasteiger partial charge is 0.392 e. The summed E-state index contributed by atoms with van der Waals surface area (Å²) in [6, 6.07) is 0. The molecular formula is C10H24N2O3S. The molecule has 1 atom stereocenters. The lowest BCUT2D eigenvalue weighted by molar-refractivity contribution is 0.152. The van der Waals surface area contributed by atoms with Crippen LogP contribution in [0.25, 0.3) is 0 Å². The third-order valence-corrected chi connectivity index (χ3v) is 3.12. The van der Waals surface area contributed by atoms with Crippen molar-refractivity contribution in [3.8, 4) is 0 Å². The van der Waals surface area contributed by atoms with Crippen molar-refractivity contribution >= 4 is 10.2 Å². The average molecular weight is 252 g/mol. The molecule has 5 nitrogen and oxygen atoms in total. The Labute approximate surface area is 98.8 Å². The fraction of sp³-hybridized carbons (Fsp3) is 1.00. The number of nitrogens with one attached hydrogen (secondary N) is 2. The summed E-state index contributed by atoms with van der Waals surface area (Å²) >= 11 is 0. The van der Waals surface area contributed by atoms with Crippen LogP contribution in [-0.2, 0) is 10.2 Å². The summed E-state index contributed by atoms with van der Waals surface area (Å²) in [6.45, 7) is 9.28. The topological polar surface area (TPSA) is 78.4 Å². The number of aliphatic hydroxyl groups excluding tert-OH is 1. The van der Waals surface area contributed by atoms with Gasteiger partial charge in [-0.1, -0.05) is 13.8 Å². The maximum Gasteiger partial charge on any atom is 0.277 e. The molecule has 16 heavy (non-hydrogen) atoms. The minimum Gasteiger partial charge on any atom is -0.392 e. The predicted octanol–water partition coefficient (Wildman–Crippen LogP) is 0.616. The first-order chi connectivity index (χ1) is 7.02. The van der Waals surface area contributed by atoms with Gasteiger partial charge in [-0.15, -0.1) is 0 Å². The summed E-state index contributed by atoms with van der Waals surface area (Å²) < 4.78 is 27.8. The Morgan fingerprint density at radius 1 is 1.25 bits per heavy atom. The van der Waals surface area contributed by atoms with Crippen molar-refractivity contribution in [3.05, 3.63) is 0 Å². The zero-order valence-electron chi connectivity index (χ0n) is 10.7. The molecule has 0 aromatic carbocycles. The Kier molecular flexibility index (Phi) is 5.89. The van der Waals surface area contributed by atoms with Gasteiger partial charge in [0.1, 0.15) is 0 Å². The fourth-order valence-corrected chi connectivity index (χ4v) is 2.56. The van der Waals surface area contributed by atoms with E-state index in [-0.39, 0.29) is 6.54 Å². The van der Waals surface area contributed by atoms with Crippen LogP contribution in [0.15, 0.2) is 0 Å². The Morgan fingerprint density at radius 3 is 2.12 bits per heavy atom. The van der Waals surface area contributed by atoms with Gasteiger partial charge in [0.05, 0.1) is 6.10 Å². The Balaban J connectivity index is 4.10. The van der Waals surface area contributed by atoms with E-state index in [0.29, 0.717) is 12.3 Å². The van der Waals surface area contributed by atoms with Gasteiger partial charge < -0.3 is 5.11 Å². The Hall–Kier alpha value is -0.170. The van der Waals surface area contributed by atoms with E-state index in [0.717, 1.165) is 0 Å². The van der Waals surface area contributed by atoms with Crippen molar-refractivity contribution in [3.63, 3.8) is 0 Å². The number of rotatable bonds is 6. The normalized spacial score (nSPS) is 15.4. The standard InChI is InChI=1S/C10H24N2O3S/c1-8(2)6-9(13)7-11-16(14,15)12-10(3,4)5/h8-9,11-13H,6-7H2,1-5H3. The smallest absolute Gasteiger partial charge is 0.277 e. The number of aliphatic hydroxyl groups is 1. The lowest BCUT2D eigenvalue weighted by Gasteiger charge is -2.21. The van der Waals surface area contributed by atoms with Crippen molar-refractivity contribution in [1.29, 1.82) is 0 Å². The average Bonchev–Trinajstić information content (AvgIpc) is 1.95. The summed E-state index contributed by atoms with van der Waals surface area (Å²) in [7, 11) is -3.53. The van der Waals surface area contributed by atoms with Crippen LogP contribution in [0.1, 0.15) is 41.0 Å². The minimum atomic E-state index is -3.53. The molecule has 3 N–H and O–H groups in total. The molecule has 0 aromatic heterocycles. The molecule has 0 aliphatic carbocycles. The van der Waals surface area contributed by atoms with Crippen LogP contribution in [0.2, 0.25) is 0 Å². The van der Waals surface area contributed by atoms with E-state index in [1.54, 1.807) is 20.8 Å². The van der Waals surface area contributed by atoms with E-state index in [4.69, 9.17) is 0 Å². The molecule has 1 unspecified atom stereocenters. The Morgan fingerprint density at radius 2 is 1.75 bits per heavy atom. The van der Waals surface area contributed by atoms with E-state index < -0.39 is 21.9 Å². The van der Waals surface area contributed by atoms with Gasteiger partial charge in [-0.05, 0) is 33.1 Å². The molecule has 0 heterocycles. The molecule has 0 aliphatic heterocycles. The monoisotopic (exact) mass is 252 g/mol. The maximum absolute atomic E-state index is 11.5. The number of hydrogen-bond acceptors (Lipinski definition) is 3. The van der Waals surface area contributed by atoms with Gasteiger partial charge in [-0.2, -0.15) is 17.9 Å². The zero-order chi connectivity index (χ0) is 13.0. The second kappa shape index (κ2) is 5.95. The van der Waals surface area contributed by atoms with Crippen LogP contribution >= 0.6 is 0 Å². The SMILES string of the molecule is CC(C)CC(O)CNS(=O)(=O)NC(C)(C)C. The van der Waals surface area contributed by atoms with E-state index in [1.165, 1.54) is 0 Å². The summed E-state index contributed by atoms with van der Waals surface area (Å²) in [5.74, 6) is 0.343. The van der Waals surface area contributed by atoms with E-state index in [2.05, 4.69) is 9.44 Å². The molecular weight excluding hydrogens is 228 g/mol. The number of hydrogen-bond donors (Lipinski definition) is 3. The molecule has 0 saturated heterocycles. The molecule has 0 fully saturated rings. The van der Waals surface area contributed by atoms with Gasteiger partial charge in [0.25, 0.3) is 10.2 Å². The van der Waals surface area contributed by atoms with Crippen LogP contribution in [0.5, 0.6) is 0 Å². The van der Waals surface area contributed by atoms with E-state index >= 15 is 0 Å². The van der Waals surface area contributed by atoms with Crippen molar-refractivity contribution in [2.75, 3.05) is 6.54 Å². The predicted molar refractivity (Wildman–Crippen MR) is 65.3 cm³/mol. The van der Waals surface area contributed by atoms with Gasteiger partial charge >= 0.3 is 0 Å². The third kappa shape index (κ3) is 9.08. The second-order valence-corrected chi connectivity index (χ2v) is 6.99. The first-order valence-corrected chi connectivity index (χ1v) is 6.97. The van der Waals surface area contributed by atoms with Crippen LogP contribution in [0.4, 0.5) is 0 Å². The first-order valence-electron chi connectivity index (χ1n) is 5.48. The molecule has 0 rings (SSSR count). The lowest BCUT2D eigenvalue weighted by atomic mass is 10.1. The second-order valence-electron chi connectivity index (χ2n) is 5.49. The fourth-order valence-electron chi connectivity index (χ4n) is 1.27. The summed E-state index contributed by atoms with van der Waals surface area (Å²) in [6.07, 6.45) is -0.0607. The van der Waals surface area contributed by atoms with E-state index in [9.17, 15) is 13.5 Å². The molecule has 0 amide bonds. The highest BCUT2D eigenvalue weighted by Gasteiger charge is 2.20. The molecule has 0 bridgehead atoms. The van der Waals surface area contributed by atoms with Gasteiger partial charge in [-0.25, -0.2) is 0 Å². The third-order valence-electron chi connectivity index (χ3n) is 1.69. The van der Waals surface area contributed by atoms with Crippen LogP contribution < -0.4 is 9.44 Å². The van der Waals surface area contributed by atoms with Gasteiger partial charge in [0.15, 0.2) is 0 Å².